The Hall–Kier alpha value is -1.90. The summed E-state index contributed by atoms with van der Waals surface area (Å²) in [6.07, 6.45) is 4.01. The molecule has 0 aliphatic rings. The van der Waals surface area contributed by atoms with Crippen molar-refractivity contribution >= 4 is 5.69 Å². The van der Waals surface area contributed by atoms with E-state index in [9.17, 15) is 0 Å². The van der Waals surface area contributed by atoms with Crippen LogP contribution >= 0.6 is 0 Å². The third kappa shape index (κ3) is 2.07. The van der Waals surface area contributed by atoms with Crippen molar-refractivity contribution in [3.05, 3.63) is 54.1 Å². The van der Waals surface area contributed by atoms with Crippen molar-refractivity contribution in [3.63, 3.8) is 0 Å². The smallest absolute Gasteiger partial charge is 0.132 e. The highest BCUT2D eigenvalue weighted by atomic mass is 14.9. The van der Waals surface area contributed by atoms with Gasteiger partial charge in [0, 0.05) is 6.42 Å². The predicted octanol–water partition coefficient (Wildman–Crippen LogP) is 1.65. The normalized spacial score (nSPS) is 10.0. The molecule has 3 nitrogen and oxygen atoms in total. The minimum atomic E-state index is 0.599. The molecule has 0 amide bonds. The van der Waals surface area contributed by atoms with Gasteiger partial charge < -0.3 is 5.73 Å². The molecule has 0 aliphatic heterocycles. The number of rotatable bonds is 2. The standard InChI is InChI=1S/C11H11N3/c12-10-7-13-11(14-8-10)6-9-4-2-1-3-5-9/h1-5,7-8H,6,12H2. The van der Waals surface area contributed by atoms with E-state index in [1.54, 1.807) is 12.4 Å². The number of benzene rings is 1. The van der Waals surface area contributed by atoms with E-state index >= 15 is 0 Å². The van der Waals surface area contributed by atoms with Gasteiger partial charge in [-0.05, 0) is 5.56 Å². The highest BCUT2D eigenvalue weighted by Gasteiger charge is 1.97. The molecule has 2 aromatic rings. The molecule has 0 aliphatic carbocycles. The molecule has 0 fully saturated rings. The summed E-state index contributed by atoms with van der Waals surface area (Å²) in [6, 6.07) is 10.1. The average molecular weight is 185 g/mol. The van der Waals surface area contributed by atoms with Crippen molar-refractivity contribution in [2.45, 2.75) is 6.42 Å². The van der Waals surface area contributed by atoms with E-state index in [0.717, 1.165) is 12.2 Å². The Kier molecular flexibility index (Phi) is 2.40. The van der Waals surface area contributed by atoms with Crippen molar-refractivity contribution in [1.29, 1.82) is 0 Å². The molecule has 0 saturated carbocycles. The number of nitrogens with two attached hydrogens (primary N) is 1. The van der Waals surface area contributed by atoms with Crippen LogP contribution in [0.1, 0.15) is 11.4 Å². The number of nitrogens with zero attached hydrogens (tertiary/aromatic N) is 2. The zero-order chi connectivity index (χ0) is 9.80. The van der Waals surface area contributed by atoms with E-state index in [1.165, 1.54) is 5.56 Å². The molecule has 3 heteroatoms. The Morgan fingerprint density at radius 2 is 1.64 bits per heavy atom. The Morgan fingerprint density at radius 1 is 1.00 bits per heavy atom. The van der Waals surface area contributed by atoms with Gasteiger partial charge in [0.1, 0.15) is 5.82 Å². The van der Waals surface area contributed by atoms with Gasteiger partial charge in [-0.2, -0.15) is 0 Å². The summed E-state index contributed by atoms with van der Waals surface area (Å²) in [4.78, 5) is 8.27. The van der Waals surface area contributed by atoms with Crippen LogP contribution in [-0.2, 0) is 6.42 Å². The van der Waals surface area contributed by atoms with Crippen LogP contribution < -0.4 is 5.73 Å². The molecule has 0 atom stereocenters. The summed E-state index contributed by atoms with van der Waals surface area (Å²) in [5, 5.41) is 0. The zero-order valence-corrected chi connectivity index (χ0v) is 7.72. The first-order chi connectivity index (χ1) is 6.84. The number of aromatic nitrogens is 2. The summed E-state index contributed by atoms with van der Waals surface area (Å²) in [6.45, 7) is 0. The van der Waals surface area contributed by atoms with Gasteiger partial charge >= 0.3 is 0 Å². The topological polar surface area (TPSA) is 51.8 Å². The van der Waals surface area contributed by atoms with E-state index in [4.69, 9.17) is 5.73 Å². The Balaban J connectivity index is 2.16. The molecule has 0 bridgehead atoms. The lowest BCUT2D eigenvalue weighted by Crippen LogP contribution is -1.97. The van der Waals surface area contributed by atoms with Crippen LogP contribution in [-0.4, -0.2) is 9.97 Å². The van der Waals surface area contributed by atoms with Crippen molar-refractivity contribution in [2.75, 3.05) is 5.73 Å². The number of hydrogen-bond donors (Lipinski definition) is 1. The number of hydrogen-bond acceptors (Lipinski definition) is 3. The number of nitrogen functional groups attached to an aromatic ring is 1. The van der Waals surface area contributed by atoms with E-state index < -0.39 is 0 Å². The van der Waals surface area contributed by atoms with Gasteiger partial charge in [0.05, 0.1) is 18.1 Å². The van der Waals surface area contributed by atoms with Crippen molar-refractivity contribution < 1.29 is 0 Å². The molecule has 0 unspecified atom stereocenters. The van der Waals surface area contributed by atoms with Crippen LogP contribution in [0.15, 0.2) is 42.7 Å². The lowest BCUT2D eigenvalue weighted by molar-refractivity contribution is 0.971. The Labute approximate surface area is 82.6 Å². The fourth-order valence-electron chi connectivity index (χ4n) is 1.23. The summed E-state index contributed by atoms with van der Waals surface area (Å²) in [5.74, 6) is 0.797. The molecule has 0 spiro atoms. The van der Waals surface area contributed by atoms with E-state index in [1.807, 2.05) is 18.2 Å². The van der Waals surface area contributed by atoms with Gasteiger partial charge in [0.2, 0.25) is 0 Å². The average Bonchev–Trinajstić information content (AvgIpc) is 2.23. The first-order valence-electron chi connectivity index (χ1n) is 4.45. The number of anilines is 1. The molecule has 0 saturated heterocycles. The fourth-order valence-corrected chi connectivity index (χ4v) is 1.23. The van der Waals surface area contributed by atoms with Crippen LogP contribution in [0.3, 0.4) is 0 Å². The van der Waals surface area contributed by atoms with Gasteiger partial charge in [-0.15, -0.1) is 0 Å². The molecule has 1 heterocycles. The minimum Gasteiger partial charge on any atom is -0.396 e. The summed E-state index contributed by atoms with van der Waals surface area (Å²) in [5.41, 5.74) is 7.30. The summed E-state index contributed by atoms with van der Waals surface area (Å²) >= 11 is 0. The molecule has 70 valence electrons. The SMILES string of the molecule is Nc1cnc(Cc2ccccc2)nc1. The van der Waals surface area contributed by atoms with E-state index in [2.05, 4.69) is 22.1 Å². The predicted molar refractivity (Wildman–Crippen MR) is 55.7 cm³/mol. The lowest BCUT2D eigenvalue weighted by Gasteiger charge is -1.99. The fraction of sp³-hybridized carbons (Fsp3) is 0.0909. The van der Waals surface area contributed by atoms with Gasteiger partial charge in [-0.1, -0.05) is 30.3 Å². The maximum atomic E-state index is 5.50. The maximum Gasteiger partial charge on any atom is 0.132 e. The maximum absolute atomic E-state index is 5.50. The monoisotopic (exact) mass is 185 g/mol. The third-order valence-corrected chi connectivity index (χ3v) is 1.93. The Morgan fingerprint density at radius 3 is 2.29 bits per heavy atom. The molecule has 2 N–H and O–H groups in total. The molecule has 2 rings (SSSR count). The van der Waals surface area contributed by atoms with E-state index in [-0.39, 0.29) is 0 Å². The third-order valence-electron chi connectivity index (χ3n) is 1.93. The lowest BCUT2D eigenvalue weighted by atomic mass is 10.1. The van der Waals surface area contributed by atoms with Crippen LogP contribution in [0.5, 0.6) is 0 Å². The van der Waals surface area contributed by atoms with Crippen LogP contribution in [0, 0.1) is 0 Å². The minimum absolute atomic E-state index is 0.599. The van der Waals surface area contributed by atoms with Crippen molar-refractivity contribution in [3.8, 4) is 0 Å². The van der Waals surface area contributed by atoms with Gasteiger partial charge in [0.25, 0.3) is 0 Å². The molecule has 0 radical (unpaired) electrons. The second-order valence-corrected chi connectivity index (χ2v) is 3.10. The first-order valence-corrected chi connectivity index (χ1v) is 4.45. The van der Waals surface area contributed by atoms with Crippen LogP contribution in [0.4, 0.5) is 5.69 Å². The van der Waals surface area contributed by atoms with Crippen molar-refractivity contribution in [2.24, 2.45) is 0 Å². The quantitative estimate of drug-likeness (QED) is 0.774. The van der Waals surface area contributed by atoms with Gasteiger partial charge in [-0.3, -0.25) is 0 Å². The van der Waals surface area contributed by atoms with Crippen LogP contribution in [0.2, 0.25) is 0 Å². The summed E-state index contributed by atoms with van der Waals surface area (Å²) < 4.78 is 0. The zero-order valence-electron chi connectivity index (χ0n) is 7.72. The van der Waals surface area contributed by atoms with Gasteiger partial charge in [-0.25, -0.2) is 9.97 Å². The molecular weight excluding hydrogens is 174 g/mol. The van der Waals surface area contributed by atoms with Crippen LogP contribution in [0.25, 0.3) is 0 Å². The molecular formula is C11H11N3. The Bertz CT molecular complexity index is 395. The van der Waals surface area contributed by atoms with E-state index in [0.29, 0.717) is 5.69 Å². The molecule has 1 aromatic carbocycles. The largest absolute Gasteiger partial charge is 0.396 e. The first kappa shape index (κ1) is 8.69. The molecule has 14 heavy (non-hydrogen) atoms. The molecule has 1 aromatic heterocycles. The summed E-state index contributed by atoms with van der Waals surface area (Å²) in [7, 11) is 0. The second-order valence-electron chi connectivity index (χ2n) is 3.10. The van der Waals surface area contributed by atoms with Gasteiger partial charge in [0.15, 0.2) is 0 Å². The second kappa shape index (κ2) is 3.87. The highest BCUT2D eigenvalue weighted by molar-refractivity contribution is 5.30. The van der Waals surface area contributed by atoms with Crippen molar-refractivity contribution in [1.82, 2.24) is 9.97 Å². The highest BCUT2D eigenvalue weighted by Crippen LogP contribution is 2.05.